The van der Waals surface area contributed by atoms with Crippen molar-refractivity contribution in [2.75, 3.05) is 25.6 Å². The van der Waals surface area contributed by atoms with Crippen LogP contribution in [-0.2, 0) is 4.79 Å². The SMILES string of the molecule is CN(C)C(=O)COc1ccc(N2C(N)=NC(N)=NC2(C)C)cc1. The lowest BCUT2D eigenvalue weighted by molar-refractivity contribution is -0.130. The molecule has 0 saturated carbocycles. The molecule has 8 heteroatoms. The van der Waals surface area contributed by atoms with Crippen molar-refractivity contribution in [2.45, 2.75) is 19.5 Å². The van der Waals surface area contributed by atoms with Gasteiger partial charge in [0.15, 0.2) is 6.61 Å². The lowest BCUT2D eigenvalue weighted by Crippen LogP contribution is -2.54. The van der Waals surface area contributed by atoms with E-state index in [0.29, 0.717) is 5.75 Å². The van der Waals surface area contributed by atoms with Gasteiger partial charge in [0.1, 0.15) is 11.4 Å². The third-order valence-electron chi connectivity index (χ3n) is 3.35. The van der Waals surface area contributed by atoms with Crippen LogP contribution in [0, 0.1) is 0 Å². The van der Waals surface area contributed by atoms with Gasteiger partial charge in [-0.3, -0.25) is 9.69 Å². The fourth-order valence-electron chi connectivity index (χ4n) is 2.22. The minimum atomic E-state index is -0.640. The van der Waals surface area contributed by atoms with Crippen LogP contribution in [0.2, 0.25) is 0 Å². The van der Waals surface area contributed by atoms with Gasteiger partial charge in [-0.1, -0.05) is 0 Å². The van der Waals surface area contributed by atoms with Crippen molar-refractivity contribution in [1.82, 2.24) is 4.90 Å². The van der Waals surface area contributed by atoms with E-state index in [4.69, 9.17) is 16.2 Å². The lowest BCUT2D eigenvalue weighted by Gasteiger charge is -2.38. The van der Waals surface area contributed by atoms with Crippen LogP contribution >= 0.6 is 0 Å². The fraction of sp³-hybridized carbons (Fsp3) is 0.400. The number of carbonyl (C=O) groups is 1. The molecule has 0 aliphatic carbocycles. The first kappa shape index (κ1) is 16.6. The van der Waals surface area contributed by atoms with Crippen LogP contribution in [0.1, 0.15) is 13.8 Å². The molecule has 0 spiro atoms. The molecule has 124 valence electrons. The molecule has 23 heavy (non-hydrogen) atoms. The number of ether oxygens (including phenoxy) is 1. The molecule has 0 bridgehead atoms. The largest absolute Gasteiger partial charge is 0.484 e. The van der Waals surface area contributed by atoms with Gasteiger partial charge in [0.25, 0.3) is 5.91 Å². The Morgan fingerprint density at radius 2 is 1.87 bits per heavy atom. The summed E-state index contributed by atoms with van der Waals surface area (Å²) in [4.78, 5) is 23.1. The number of carbonyl (C=O) groups excluding carboxylic acids is 1. The summed E-state index contributed by atoms with van der Waals surface area (Å²) in [5.74, 6) is 0.926. The van der Waals surface area contributed by atoms with Gasteiger partial charge in [-0.05, 0) is 38.1 Å². The van der Waals surface area contributed by atoms with Crippen LogP contribution in [-0.4, -0.2) is 49.1 Å². The summed E-state index contributed by atoms with van der Waals surface area (Å²) in [6, 6.07) is 7.19. The number of aliphatic imine (C=N–C) groups is 2. The third kappa shape index (κ3) is 3.71. The van der Waals surface area contributed by atoms with E-state index in [9.17, 15) is 4.79 Å². The number of likely N-dealkylation sites (N-methyl/N-ethyl adjacent to an activating group) is 1. The molecule has 8 nitrogen and oxygen atoms in total. The maximum absolute atomic E-state index is 11.5. The third-order valence-corrected chi connectivity index (χ3v) is 3.35. The Morgan fingerprint density at radius 1 is 1.26 bits per heavy atom. The quantitative estimate of drug-likeness (QED) is 0.832. The van der Waals surface area contributed by atoms with Crippen LogP contribution in [0.5, 0.6) is 5.75 Å². The maximum atomic E-state index is 11.5. The van der Waals surface area contributed by atoms with Crippen molar-refractivity contribution >= 4 is 23.5 Å². The summed E-state index contributed by atoms with van der Waals surface area (Å²) in [6.07, 6.45) is 0. The van der Waals surface area contributed by atoms with E-state index in [1.54, 1.807) is 31.1 Å². The number of amides is 1. The monoisotopic (exact) mass is 318 g/mol. The zero-order valence-electron chi connectivity index (χ0n) is 13.8. The van der Waals surface area contributed by atoms with Crippen LogP contribution < -0.4 is 21.1 Å². The number of nitrogens with zero attached hydrogens (tertiary/aromatic N) is 4. The Morgan fingerprint density at radius 3 is 2.39 bits per heavy atom. The normalized spacial score (nSPS) is 16.4. The van der Waals surface area contributed by atoms with Crippen molar-refractivity contribution < 1.29 is 9.53 Å². The number of guanidine groups is 2. The first-order valence-electron chi connectivity index (χ1n) is 7.13. The molecule has 4 N–H and O–H groups in total. The second-order valence-electron chi connectivity index (χ2n) is 5.84. The molecule has 0 radical (unpaired) electrons. The van der Waals surface area contributed by atoms with Crippen molar-refractivity contribution in [3.63, 3.8) is 0 Å². The van der Waals surface area contributed by atoms with Gasteiger partial charge in [-0.25, -0.2) is 4.99 Å². The average Bonchev–Trinajstić information content (AvgIpc) is 2.43. The summed E-state index contributed by atoms with van der Waals surface area (Å²) < 4.78 is 5.45. The van der Waals surface area contributed by atoms with Crippen molar-refractivity contribution in [3.05, 3.63) is 24.3 Å². The molecule has 0 atom stereocenters. The average molecular weight is 318 g/mol. The Bertz CT molecular complexity index is 648. The van der Waals surface area contributed by atoms with Crippen molar-refractivity contribution in [2.24, 2.45) is 21.5 Å². The predicted molar refractivity (Wildman–Crippen MR) is 90.4 cm³/mol. The van der Waals surface area contributed by atoms with Gasteiger partial charge in [-0.15, -0.1) is 0 Å². The molecular weight excluding hydrogens is 296 g/mol. The van der Waals surface area contributed by atoms with E-state index in [2.05, 4.69) is 9.98 Å². The second-order valence-corrected chi connectivity index (χ2v) is 5.84. The number of anilines is 1. The Kier molecular flexibility index (Phi) is 4.44. The smallest absolute Gasteiger partial charge is 0.259 e. The fourth-order valence-corrected chi connectivity index (χ4v) is 2.22. The van der Waals surface area contributed by atoms with E-state index < -0.39 is 5.66 Å². The van der Waals surface area contributed by atoms with E-state index in [1.165, 1.54) is 4.90 Å². The standard InChI is InChI=1S/C15H22N6O2/c1-15(2)19-13(16)18-14(17)21(15)10-5-7-11(8-6-10)23-9-12(22)20(3)4/h5-8H,9H2,1-4H3,(H4,16,17,18,19). The van der Waals surface area contributed by atoms with Gasteiger partial charge in [-0.2, -0.15) is 4.99 Å². The van der Waals surface area contributed by atoms with Gasteiger partial charge < -0.3 is 21.1 Å². The van der Waals surface area contributed by atoms with Crippen LogP contribution in [0.3, 0.4) is 0 Å². The highest BCUT2D eigenvalue weighted by Crippen LogP contribution is 2.28. The van der Waals surface area contributed by atoms with Gasteiger partial charge >= 0.3 is 0 Å². The van der Waals surface area contributed by atoms with Crippen LogP contribution in [0.15, 0.2) is 34.3 Å². The predicted octanol–water partition coefficient (Wildman–Crippen LogP) is 0.339. The molecular formula is C15H22N6O2. The summed E-state index contributed by atoms with van der Waals surface area (Å²) in [5.41, 5.74) is 11.8. The van der Waals surface area contributed by atoms with Crippen molar-refractivity contribution in [1.29, 1.82) is 0 Å². The molecule has 1 heterocycles. The topological polar surface area (TPSA) is 110 Å². The van der Waals surface area contributed by atoms with E-state index >= 15 is 0 Å². The van der Waals surface area contributed by atoms with Gasteiger partial charge in [0, 0.05) is 19.8 Å². The Balaban J connectivity index is 2.14. The molecule has 1 aromatic rings. The summed E-state index contributed by atoms with van der Waals surface area (Å²) in [6.45, 7) is 3.77. The van der Waals surface area contributed by atoms with Crippen LogP contribution in [0.4, 0.5) is 5.69 Å². The number of hydrogen-bond donors (Lipinski definition) is 2. The summed E-state index contributed by atoms with van der Waals surface area (Å²) >= 11 is 0. The molecule has 0 aromatic heterocycles. The lowest BCUT2D eigenvalue weighted by atomic mass is 10.1. The molecule has 0 fully saturated rings. The maximum Gasteiger partial charge on any atom is 0.259 e. The highest BCUT2D eigenvalue weighted by atomic mass is 16.5. The van der Waals surface area contributed by atoms with E-state index in [-0.39, 0.29) is 24.4 Å². The minimum absolute atomic E-state index is 0.00796. The number of benzene rings is 1. The first-order chi connectivity index (χ1) is 10.7. The highest BCUT2D eigenvalue weighted by Gasteiger charge is 2.32. The number of rotatable bonds is 4. The van der Waals surface area contributed by atoms with Gasteiger partial charge in [0.2, 0.25) is 11.9 Å². The summed E-state index contributed by atoms with van der Waals surface area (Å²) in [5, 5.41) is 0. The molecule has 1 amide bonds. The zero-order chi connectivity index (χ0) is 17.2. The van der Waals surface area contributed by atoms with Crippen molar-refractivity contribution in [3.8, 4) is 5.75 Å². The highest BCUT2D eigenvalue weighted by molar-refractivity contribution is 6.05. The van der Waals surface area contributed by atoms with Crippen LogP contribution in [0.25, 0.3) is 0 Å². The second kappa shape index (κ2) is 6.15. The molecule has 2 rings (SSSR count). The molecule has 1 aromatic carbocycles. The Labute approximate surface area is 135 Å². The number of hydrogen-bond acceptors (Lipinski definition) is 7. The number of nitrogens with two attached hydrogens (primary N) is 2. The molecule has 0 saturated heterocycles. The van der Waals surface area contributed by atoms with E-state index in [0.717, 1.165) is 5.69 Å². The van der Waals surface area contributed by atoms with E-state index in [1.807, 2.05) is 26.0 Å². The summed E-state index contributed by atoms with van der Waals surface area (Å²) in [7, 11) is 3.36. The Hall–Kier alpha value is -2.77. The molecule has 0 unspecified atom stereocenters. The molecule has 1 aliphatic heterocycles. The van der Waals surface area contributed by atoms with Gasteiger partial charge in [0.05, 0.1) is 0 Å². The zero-order valence-corrected chi connectivity index (χ0v) is 13.8. The minimum Gasteiger partial charge on any atom is -0.484 e. The first-order valence-corrected chi connectivity index (χ1v) is 7.13. The molecule has 1 aliphatic rings.